The molecular weight excluding hydrogens is 264 g/mol. The van der Waals surface area contributed by atoms with Crippen molar-refractivity contribution in [3.05, 3.63) is 40.2 Å². The van der Waals surface area contributed by atoms with Gasteiger partial charge >= 0.3 is 0 Å². The average molecular weight is 286 g/mol. The van der Waals surface area contributed by atoms with E-state index < -0.39 is 0 Å². The van der Waals surface area contributed by atoms with Crippen molar-refractivity contribution in [2.24, 2.45) is 5.92 Å². The maximum Gasteiger partial charge on any atom is 0.0969 e. The molecule has 1 aromatic carbocycles. The van der Waals surface area contributed by atoms with Crippen molar-refractivity contribution in [1.29, 1.82) is 0 Å². The van der Waals surface area contributed by atoms with E-state index in [1.807, 2.05) is 11.3 Å². The van der Waals surface area contributed by atoms with Gasteiger partial charge in [-0.3, -0.25) is 0 Å². The van der Waals surface area contributed by atoms with Gasteiger partial charge in [-0.15, -0.1) is 11.3 Å². The number of hydrogen-bond donors (Lipinski definition) is 1. The predicted octanol–water partition coefficient (Wildman–Crippen LogP) is 4.09. The molecule has 1 aliphatic rings. The number of nitrogens with one attached hydrogen (secondary N) is 1. The number of rotatable bonds is 6. The zero-order chi connectivity index (χ0) is 13.9. The first kappa shape index (κ1) is 13.8. The minimum atomic E-state index is 0.718. The van der Waals surface area contributed by atoms with E-state index in [9.17, 15) is 0 Å². The van der Waals surface area contributed by atoms with Crippen LogP contribution < -0.4 is 5.32 Å². The van der Waals surface area contributed by atoms with E-state index in [1.54, 1.807) is 0 Å². The lowest BCUT2D eigenvalue weighted by Gasteiger charge is -2.03. The molecule has 20 heavy (non-hydrogen) atoms. The highest BCUT2D eigenvalue weighted by Crippen LogP contribution is 2.49. The van der Waals surface area contributed by atoms with E-state index >= 15 is 0 Å². The molecule has 0 amide bonds. The minimum Gasteiger partial charge on any atom is -0.317 e. The second kappa shape index (κ2) is 6.06. The van der Waals surface area contributed by atoms with Crippen molar-refractivity contribution in [3.8, 4) is 11.3 Å². The maximum atomic E-state index is 4.96. The molecule has 0 saturated heterocycles. The summed E-state index contributed by atoms with van der Waals surface area (Å²) in [6.07, 6.45) is 2.39. The number of thiazole rings is 1. The van der Waals surface area contributed by atoms with Gasteiger partial charge in [-0.1, -0.05) is 44.2 Å². The van der Waals surface area contributed by atoms with Gasteiger partial charge in [0.1, 0.15) is 0 Å². The molecule has 1 saturated carbocycles. The fourth-order valence-electron chi connectivity index (χ4n) is 2.56. The maximum absolute atomic E-state index is 4.96. The van der Waals surface area contributed by atoms with Crippen LogP contribution in [-0.4, -0.2) is 18.1 Å². The van der Waals surface area contributed by atoms with Gasteiger partial charge in [0.15, 0.2) is 0 Å². The van der Waals surface area contributed by atoms with Gasteiger partial charge in [-0.25, -0.2) is 4.98 Å². The topological polar surface area (TPSA) is 24.9 Å². The Morgan fingerprint density at radius 2 is 2.05 bits per heavy atom. The Bertz CT molecular complexity index is 562. The molecule has 3 rings (SSSR count). The lowest BCUT2D eigenvalue weighted by molar-refractivity contribution is 0.721. The van der Waals surface area contributed by atoms with Gasteiger partial charge in [-0.05, 0) is 25.3 Å². The van der Waals surface area contributed by atoms with E-state index in [-0.39, 0.29) is 0 Å². The minimum absolute atomic E-state index is 0.718. The third kappa shape index (κ3) is 2.94. The summed E-state index contributed by atoms with van der Waals surface area (Å²) in [5.41, 5.74) is 2.47. The SMILES string of the molecule is CCNCCc1sc(C2CC2C)nc1-c1ccccc1. The molecule has 2 nitrogen and oxygen atoms in total. The highest BCUT2D eigenvalue weighted by Gasteiger charge is 2.37. The summed E-state index contributed by atoms with van der Waals surface area (Å²) in [7, 11) is 0. The largest absolute Gasteiger partial charge is 0.317 e. The third-order valence-corrected chi connectivity index (χ3v) is 5.21. The zero-order valence-corrected chi connectivity index (χ0v) is 13.0. The van der Waals surface area contributed by atoms with Crippen molar-refractivity contribution in [1.82, 2.24) is 10.3 Å². The average Bonchev–Trinajstić information content (AvgIpc) is 3.05. The Balaban J connectivity index is 1.87. The fraction of sp³-hybridized carbons (Fsp3) is 0.471. The highest BCUT2D eigenvalue weighted by molar-refractivity contribution is 7.12. The fourth-order valence-corrected chi connectivity index (χ4v) is 3.90. The van der Waals surface area contributed by atoms with Crippen LogP contribution in [0.25, 0.3) is 11.3 Å². The van der Waals surface area contributed by atoms with Crippen molar-refractivity contribution < 1.29 is 0 Å². The van der Waals surface area contributed by atoms with Crippen LogP contribution in [0.15, 0.2) is 30.3 Å². The normalized spacial score (nSPS) is 21.1. The number of aromatic nitrogens is 1. The summed E-state index contributed by atoms with van der Waals surface area (Å²) in [5, 5.41) is 4.77. The summed E-state index contributed by atoms with van der Waals surface area (Å²) in [6, 6.07) is 10.6. The quantitative estimate of drug-likeness (QED) is 0.809. The van der Waals surface area contributed by atoms with E-state index in [0.29, 0.717) is 0 Å². The molecule has 106 valence electrons. The molecule has 0 radical (unpaired) electrons. The molecule has 1 fully saturated rings. The smallest absolute Gasteiger partial charge is 0.0969 e. The van der Waals surface area contributed by atoms with Crippen LogP contribution in [0.5, 0.6) is 0 Å². The number of benzene rings is 1. The van der Waals surface area contributed by atoms with E-state index in [2.05, 4.69) is 49.5 Å². The van der Waals surface area contributed by atoms with Gasteiger partial charge in [0.05, 0.1) is 10.7 Å². The van der Waals surface area contributed by atoms with Gasteiger partial charge < -0.3 is 5.32 Å². The van der Waals surface area contributed by atoms with Gasteiger partial charge in [0, 0.05) is 22.9 Å². The molecule has 1 aromatic heterocycles. The summed E-state index contributed by atoms with van der Waals surface area (Å²) in [5.74, 6) is 1.54. The standard InChI is InChI=1S/C17H22N2S/c1-3-18-10-9-15-16(13-7-5-4-6-8-13)19-17(20-15)14-11-12(14)2/h4-8,12,14,18H,3,9-11H2,1-2H3. The van der Waals surface area contributed by atoms with Gasteiger partial charge in [0.25, 0.3) is 0 Å². The van der Waals surface area contributed by atoms with Crippen molar-refractivity contribution in [3.63, 3.8) is 0 Å². The first-order chi connectivity index (χ1) is 9.79. The Hall–Kier alpha value is -1.19. The lowest BCUT2D eigenvalue weighted by Crippen LogP contribution is -2.15. The van der Waals surface area contributed by atoms with Crippen LogP contribution in [0.1, 0.15) is 36.1 Å². The van der Waals surface area contributed by atoms with Crippen LogP contribution in [0, 0.1) is 5.92 Å². The Labute approximate surface area is 125 Å². The molecule has 0 spiro atoms. The number of hydrogen-bond acceptors (Lipinski definition) is 3. The number of nitrogens with zero attached hydrogens (tertiary/aromatic N) is 1. The molecule has 2 unspecified atom stereocenters. The van der Waals surface area contributed by atoms with E-state index in [0.717, 1.165) is 31.3 Å². The predicted molar refractivity (Wildman–Crippen MR) is 86.3 cm³/mol. The van der Waals surface area contributed by atoms with Crippen LogP contribution in [0.2, 0.25) is 0 Å². The molecule has 2 atom stereocenters. The third-order valence-electron chi connectivity index (χ3n) is 3.97. The second-order valence-corrected chi connectivity index (χ2v) is 6.73. The van der Waals surface area contributed by atoms with Crippen molar-refractivity contribution in [2.75, 3.05) is 13.1 Å². The summed E-state index contributed by atoms with van der Waals surface area (Å²) < 4.78 is 0. The zero-order valence-electron chi connectivity index (χ0n) is 12.2. The molecule has 3 heteroatoms. The molecule has 1 N–H and O–H groups in total. The second-order valence-electron chi connectivity index (χ2n) is 5.61. The lowest BCUT2D eigenvalue weighted by atomic mass is 10.1. The highest BCUT2D eigenvalue weighted by atomic mass is 32.1. The van der Waals surface area contributed by atoms with Crippen LogP contribution in [0.3, 0.4) is 0 Å². The van der Waals surface area contributed by atoms with Crippen molar-refractivity contribution >= 4 is 11.3 Å². The molecule has 1 heterocycles. The Morgan fingerprint density at radius 1 is 1.30 bits per heavy atom. The molecule has 1 aliphatic carbocycles. The number of likely N-dealkylation sites (N-methyl/N-ethyl adjacent to an activating group) is 1. The molecule has 0 aliphatic heterocycles. The first-order valence-electron chi connectivity index (χ1n) is 7.55. The Morgan fingerprint density at radius 3 is 2.70 bits per heavy atom. The van der Waals surface area contributed by atoms with Crippen LogP contribution >= 0.6 is 11.3 Å². The molecular formula is C17H22N2S. The van der Waals surface area contributed by atoms with Crippen LogP contribution in [0.4, 0.5) is 0 Å². The summed E-state index contributed by atoms with van der Waals surface area (Å²) >= 11 is 1.93. The van der Waals surface area contributed by atoms with Gasteiger partial charge in [-0.2, -0.15) is 0 Å². The first-order valence-corrected chi connectivity index (χ1v) is 8.37. The summed E-state index contributed by atoms with van der Waals surface area (Å²) in [6.45, 7) is 6.55. The molecule has 0 bridgehead atoms. The van der Waals surface area contributed by atoms with Crippen LogP contribution in [-0.2, 0) is 6.42 Å². The molecule has 2 aromatic rings. The van der Waals surface area contributed by atoms with E-state index in [1.165, 1.54) is 27.6 Å². The van der Waals surface area contributed by atoms with Crippen molar-refractivity contribution in [2.45, 2.75) is 32.6 Å². The monoisotopic (exact) mass is 286 g/mol. The Kier molecular flexibility index (Phi) is 4.18. The van der Waals surface area contributed by atoms with Gasteiger partial charge in [0.2, 0.25) is 0 Å². The van der Waals surface area contributed by atoms with E-state index in [4.69, 9.17) is 4.98 Å². The summed E-state index contributed by atoms with van der Waals surface area (Å²) in [4.78, 5) is 6.40.